The quantitative estimate of drug-likeness (QED) is 0.168. The Balaban J connectivity index is 1.30. The van der Waals surface area contributed by atoms with Crippen molar-refractivity contribution >= 4 is 54.7 Å². The van der Waals surface area contributed by atoms with Crippen LogP contribution in [0.2, 0.25) is 0 Å². The number of hydrogen-bond acceptors (Lipinski definition) is 2. The highest BCUT2D eigenvalue weighted by Crippen LogP contribution is 2.33. The van der Waals surface area contributed by atoms with Gasteiger partial charge in [-0.25, -0.2) is 0 Å². The van der Waals surface area contributed by atoms with Crippen molar-refractivity contribution in [1.82, 2.24) is 5.32 Å². The van der Waals surface area contributed by atoms with E-state index in [2.05, 4.69) is 98.0 Å². The lowest BCUT2D eigenvalue weighted by Gasteiger charge is -2.21. The van der Waals surface area contributed by atoms with Crippen LogP contribution in [0.5, 0.6) is 0 Å². The summed E-state index contributed by atoms with van der Waals surface area (Å²) in [5.74, 6) is -0.0782. The summed E-state index contributed by atoms with van der Waals surface area (Å²) in [5.41, 5.74) is 12.3. The molecule has 1 amide bonds. The summed E-state index contributed by atoms with van der Waals surface area (Å²) in [5, 5.41) is 12.7. The van der Waals surface area contributed by atoms with Gasteiger partial charge in [0, 0.05) is 11.3 Å². The molecule has 3 N–H and O–H groups in total. The Hall–Kier alpha value is -5.15. The van der Waals surface area contributed by atoms with E-state index in [1.807, 2.05) is 42.5 Å². The van der Waals surface area contributed by atoms with Gasteiger partial charge >= 0.3 is 0 Å². The summed E-state index contributed by atoms with van der Waals surface area (Å²) in [6.07, 6.45) is 0.688. The highest BCUT2D eigenvalue weighted by Gasteiger charge is 2.19. The van der Waals surface area contributed by atoms with Gasteiger partial charge in [0.1, 0.15) is 0 Å². The number of aryl methyl sites for hydroxylation is 2. The molecule has 0 radical (unpaired) electrons. The fraction of sp³-hybridized carbons (Fsp3) is 0.103. The minimum Gasteiger partial charge on any atom is -0.399 e. The van der Waals surface area contributed by atoms with Crippen LogP contribution in [0.3, 0.4) is 0 Å². The maximum Gasteiger partial charge on any atom is 0.251 e. The van der Waals surface area contributed by atoms with Crippen molar-refractivity contribution in [2.75, 3.05) is 5.73 Å². The summed E-state index contributed by atoms with van der Waals surface area (Å²) in [6, 6.07) is 41.6. The lowest BCUT2D eigenvalue weighted by molar-refractivity contribution is 0.0936. The van der Waals surface area contributed by atoms with Crippen molar-refractivity contribution in [1.29, 1.82) is 0 Å². The van der Waals surface area contributed by atoms with Crippen LogP contribution >= 0.6 is 0 Å². The van der Waals surface area contributed by atoms with Gasteiger partial charge in [-0.15, -0.1) is 0 Å². The third-order valence-electron chi connectivity index (χ3n) is 8.53. The van der Waals surface area contributed by atoms with E-state index in [4.69, 9.17) is 5.73 Å². The maximum atomic E-state index is 13.9. The molecular weight excluding hydrogens is 512 g/mol. The summed E-state index contributed by atoms with van der Waals surface area (Å²) >= 11 is 0. The molecule has 3 nitrogen and oxygen atoms in total. The van der Waals surface area contributed by atoms with Crippen LogP contribution in [0, 0.1) is 13.8 Å². The second-order valence-corrected chi connectivity index (χ2v) is 11.4. The molecule has 0 aliphatic rings. The van der Waals surface area contributed by atoms with Crippen LogP contribution in [0.1, 0.15) is 38.7 Å². The molecule has 204 valence electrons. The van der Waals surface area contributed by atoms with E-state index in [1.54, 1.807) is 0 Å². The predicted octanol–water partition coefficient (Wildman–Crippen LogP) is 9.21. The lowest BCUT2D eigenvalue weighted by atomic mass is 9.92. The van der Waals surface area contributed by atoms with E-state index >= 15 is 0 Å². The van der Waals surface area contributed by atoms with Gasteiger partial charge in [-0.2, -0.15) is 0 Å². The Labute approximate surface area is 245 Å². The maximum absolute atomic E-state index is 13.9. The molecule has 0 heterocycles. The first kappa shape index (κ1) is 25.8. The van der Waals surface area contributed by atoms with Gasteiger partial charge < -0.3 is 11.1 Å². The molecule has 7 rings (SSSR count). The first-order chi connectivity index (χ1) is 20.4. The third-order valence-corrected chi connectivity index (χ3v) is 8.53. The molecule has 7 aromatic rings. The van der Waals surface area contributed by atoms with E-state index < -0.39 is 0 Å². The van der Waals surface area contributed by atoms with E-state index in [0.717, 1.165) is 27.4 Å². The highest BCUT2D eigenvalue weighted by molar-refractivity contribution is 6.12. The van der Waals surface area contributed by atoms with Gasteiger partial charge in [-0.05, 0) is 116 Å². The molecule has 0 bridgehead atoms. The number of hydrogen-bond donors (Lipinski definition) is 2. The van der Waals surface area contributed by atoms with Crippen LogP contribution in [-0.2, 0) is 6.42 Å². The monoisotopic (exact) mass is 544 g/mol. The van der Waals surface area contributed by atoms with Crippen LogP contribution in [0.4, 0.5) is 5.69 Å². The standard InChI is InChI=1S/C39H32N2O/c1-24-18-27-12-13-30(22-36(27)33-11-7-6-10-32(24)33)39(42)41-38(20-26-8-4-3-5-9-26)29-15-17-34-35(21-29)25(2)19-28-14-16-31(40)23-37(28)34/h3-19,21-23,38H,20,40H2,1-2H3,(H,41,42). The Kier molecular flexibility index (Phi) is 6.36. The number of fused-ring (bicyclic) bond motifs is 6. The summed E-state index contributed by atoms with van der Waals surface area (Å²) in [4.78, 5) is 13.9. The number of nitrogens with two attached hydrogens (primary N) is 1. The average Bonchev–Trinajstić information content (AvgIpc) is 3.01. The first-order valence-corrected chi connectivity index (χ1v) is 14.4. The largest absolute Gasteiger partial charge is 0.399 e. The smallest absolute Gasteiger partial charge is 0.251 e. The van der Waals surface area contributed by atoms with Crippen molar-refractivity contribution in [3.63, 3.8) is 0 Å². The lowest BCUT2D eigenvalue weighted by Crippen LogP contribution is -2.30. The Morgan fingerprint density at radius 1 is 0.619 bits per heavy atom. The molecular formula is C39H32N2O. The molecule has 7 aromatic carbocycles. The number of nitrogens with one attached hydrogen (secondary N) is 1. The van der Waals surface area contributed by atoms with Crippen LogP contribution < -0.4 is 11.1 Å². The minimum absolute atomic E-state index is 0.0782. The fourth-order valence-corrected chi connectivity index (χ4v) is 6.36. The topological polar surface area (TPSA) is 55.1 Å². The van der Waals surface area contributed by atoms with Gasteiger partial charge in [0.2, 0.25) is 0 Å². The molecule has 0 saturated heterocycles. The molecule has 0 aliphatic heterocycles. The zero-order valence-electron chi connectivity index (χ0n) is 23.8. The number of carbonyl (C=O) groups is 1. The van der Waals surface area contributed by atoms with Crippen molar-refractivity contribution in [2.45, 2.75) is 26.3 Å². The second kappa shape index (κ2) is 10.4. The number of nitrogen functional groups attached to an aromatic ring is 1. The van der Waals surface area contributed by atoms with Gasteiger partial charge in [-0.1, -0.05) is 91.0 Å². The van der Waals surface area contributed by atoms with E-state index in [-0.39, 0.29) is 11.9 Å². The zero-order valence-corrected chi connectivity index (χ0v) is 23.8. The molecule has 0 fully saturated rings. The molecule has 0 aromatic heterocycles. The van der Waals surface area contributed by atoms with Crippen molar-refractivity contribution in [2.24, 2.45) is 0 Å². The highest BCUT2D eigenvalue weighted by atomic mass is 16.1. The van der Waals surface area contributed by atoms with Crippen molar-refractivity contribution in [3.8, 4) is 0 Å². The normalized spacial score (nSPS) is 12.2. The number of rotatable bonds is 5. The molecule has 0 aliphatic carbocycles. The molecule has 1 unspecified atom stereocenters. The fourth-order valence-electron chi connectivity index (χ4n) is 6.36. The Morgan fingerprint density at radius 2 is 1.26 bits per heavy atom. The second-order valence-electron chi connectivity index (χ2n) is 11.4. The third kappa shape index (κ3) is 4.63. The number of benzene rings is 7. The van der Waals surface area contributed by atoms with E-state index in [9.17, 15) is 4.79 Å². The van der Waals surface area contributed by atoms with Crippen molar-refractivity contribution < 1.29 is 4.79 Å². The number of carbonyl (C=O) groups excluding carboxylic acids is 1. The predicted molar refractivity (Wildman–Crippen MR) is 177 cm³/mol. The summed E-state index contributed by atoms with van der Waals surface area (Å²) in [6.45, 7) is 4.29. The van der Waals surface area contributed by atoms with Crippen LogP contribution in [0.15, 0.2) is 121 Å². The molecule has 42 heavy (non-hydrogen) atoms. The van der Waals surface area contributed by atoms with Gasteiger partial charge in [0.15, 0.2) is 0 Å². The minimum atomic E-state index is -0.203. The van der Waals surface area contributed by atoms with Crippen molar-refractivity contribution in [3.05, 3.63) is 149 Å². The molecule has 0 spiro atoms. The molecule has 3 heteroatoms. The van der Waals surface area contributed by atoms with E-state index in [1.165, 1.54) is 43.6 Å². The van der Waals surface area contributed by atoms with Crippen LogP contribution in [-0.4, -0.2) is 5.91 Å². The van der Waals surface area contributed by atoms with Gasteiger partial charge in [-0.3, -0.25) is 4.79 Å². The zero-order chi connectivity index (χ0) is 28.8. The SMILES string of the molecule is Cc1cc2ccc(N)cc2c2ccc(C(Cc3ccccc3)NC(=O)c3ccc4cc(C)c5ccccc5c4c3)cc12. The van der Waals surface area contributed by atoms with Gasteiger partial charge in [0.05, 0.1) is 6.04 Å². The summed E-state index contributed by atoms with van der Waals surface area (Å²) < 4.78 is 0. The summed E-state index contributed by atoms with van der Waals surface area (Å²) in [7, 11) is 0. The Bertz CT molecular complexity index is 2150. The number of amides is 1. The van der Waals surface area contributed by atoms with Gasteiger partial charge in [0.25, 0.3) is 5.91 Å². The van der Waals surface area contributed by atoms with E-state index in [0.29, 0.717) is 12.0 Å². The number of anilines is 1. The Morgan fingerprint density at radius 3 is 2.05 bits per heavy atom. The molecule has 0 saturated carbocycles. The van der Waals surface area contributed by atoms with Crippen LogP contribution in [0.25, 0.3) is 43.1 Å². The first-order valence-electron chi connectivity index (χ1n) is 14.4. The molecule has 1 atom stereocenters. The average molecular weight is 545 g/mol.